The normalized spacial score (nSPS) is 16.5. The van der Waals surface area contributed by atoms with E-state index in [1.165, 1.54) is 5.56 Å². The Kier molecular flexibility index (Phi) is 4.70. The molecule has 1 aliphatic heterocycles. The second kappa shape index (κ2) is 7.16. The van der Waals surface area contributed by atoms with Crippen molar-refractivity contribution in [2.24, 2.45) is 10.4 Å². The zero-order valence-corrected chi connectivity index (χ0v) is 16.1. The van der Waals surface area contributed by atoms with Gasteiger partial charge in [0.05, 0.1) is 38.6 Å². The lowest BCUT2D eigenvalue weighted by Crippen LogP contribution is -2.38. The van der Waals surface area contributed by atoms with E-state index in [1.807, 2.05) is 41.2 Å². The van der Waals surface area contributed by atoms with E-state index in [0.717, 1.165) is 28.9 Å². The molecule has 0 N–H and O–H groups in total. The minimum absolute atomic E-state index is 0.0921. The average Bonchev–Trinajstić information content (AvgIpc) is 3.06. The van der Waals surface area contributed by atoms with Crippen LogP contribution >= 0.6 is 0 Å². The molecule has 140 valence electrons. The monoisotopic (exact) mass is 363 g/mol. The topological polar surface area (TPSA) is 48.6 Å². The summed E-state index contributed by atoms with van der Waals surface area (Å²) in [6.45, 7) is 6.41. The highest BCUT2D eigenvalue weighted by Crippen LogP contribution is 2.32. The van der Waals surface area contributed by atoms with Gasteiger partial charge in [0.25, 0.3) is 0 Å². The number of methoxy groups -OCH3 is 1. The van der Waals surface area contributed by atoms with Crippen molar-refractivity contribution in [2.75, 3.05) is 13.7 Å². The Morgan fingerprint density at radius 1 is 1.11 bits per heavy atom. The second-order valence-corrected chi connectivity index (χ2v) is 7.68. The van der Waals surface area contributed by atoms with Gasteiger partial charge in [-0.05, 0) is 11.6 Å². The number of benzene rings is 2. The zero-order chi connectivity index (χ0) is 18.9. The van der Waals surface area contributed by atoms with E-state index in [1.54, 1.807) is 7.11 Å². The molecule has 1 unspecified atom stereocenters. The van der Waals surface area contributed by atoms with Crippen LogP contribution in [0, 0.1) is 5.41 Å². The Morgan fingerprint density at radius 2 is 1.93 bits per heavy atom. The fourth-order valence-corrected chi connectivity index (χ4v) is 3.51. The van der Waals surface area contributed by atoms with Gasteiger partial charge < -0.3 is 9.47 Å². The summed E-state index contributed by atoms with van der Waals surface area (Å²) in [5.74, 6) is 0.796. The van der Waals surface area contributed by atoms with Crippen molar-refractivity contribution in [3.05, 3.63) is 59.8 Å². The summed E-state index contributed by atoms with van der Waals surface area (Å²) < 4.78 is 13.5. The van der Waals surface area contributed by atoms with Gasteiger partial charge in [0.1, 0.15) is 11.3 Å². The minimum Gasteiger partial charge on any atom is -0.494 e. The van der Waals surface area contributed by atoms with E-state index in [2.05, 4.69) is 32.0 Å². The summed E-state index contributed by atoms with van der Waals surface area (Å²) in [6, 6.07) is 16.4. The van der Waals surface area contributed by atoms with Gasteiger partial charge in [0, 0.05) is 17.0 Å². The molecule has 1 aliphatic rings. The third kappa shape index (κ3) is 3.47. The van der Waals surface area contributed by atoms with Gasteiger partial charge >= 0.3 is 0 Å². The molecule has 0 spiro atoms. The summed E-state index contributed by atoms with van der Waals surface area (Å²) in [6.07, 6.45) is 1.95. The van der Waals surface area contributed by atoms with Gasteiger partial charge in [-0.1, -0.05) is 56.3 Å². The maximum absolute atomic E-state index is 6.00. The first kappa shape index (κ1) is 17.7. The van der Waals surface area contributed by atoms with Crippen LogP contribution in [0.3, 0.4) is 0 Å². The summed E-state index contributed by atoms with van der Waals surface area (Å²) >= 11 is 0. The number of fused-ring (bicyclic) bond motifs is 3. The van der Waals surface area contributed by atoms with Gasteiger partial charge in [-0.2, -0.15) is 5.10 Å². The maximum atomic E-state index is 6.00. The van der Waals surface area contributed by atoms with Gasteiger partial charge in [0.2, 0.25) is 0 Å². The molecule has 0 saturated carbocycles. The zero-order valence-electron chi connectivity index (χ0n) is 16.1. The molecular weight excluding hydrogens is 338 g/mol. The van der Waals surface area contributed by atoms with E-state index in [4.69, 9.17) is 19.6 Å². The number of hydrogen-bond acceptors (Lipinski definition) is 4. The molecule has 3 aromatic rings. The SMILES string of the molecule is COc1cccc2c3n(nc12)CC(C(C)(C)COCc1ccccc1)N=C3. The van der Waals surface area contributed by atoms with Crippen LogP contribution in [0.4, 0.5) is 0 Å². The van der Waals surface area contributed by atoms with Crippen LogP contribution < -0.4 is 4.74 Å². The van der Waals surface area contributed by atoms with Crippen molar-refractivity contribution in [1.82, 2.24) is 9.78 Å². The summed E-state index contributed by atoms with van der Waals surface area (Å²) in [5.41, 5.74) is 3.03. The first-order valence-corrected chi connectivity index (χ1v) is 9.27. The highest BCUT2D eigenvalue weighted by molar-refractivity contribution is 5.99. The standard InChI is InChI=1S/C22H25N3O2/c1-22(2,15-27-14-16-8-5-4-6-9-16)20-13-25-18(12-23-20)17-10-7-11-19(26-3)21(17)24-25/h4-12,20H,13-15H2,1-3H3. The van der Waals surface area contributed by atoms with Crippen LogP contribution in [0.25, 0.3) is 10.9 Å². The van der Waals surface area contributed by atoms with E-state index < -0.39 is 0 Å². The van der Waals surface area contributed by atoms with Crippen LogP contribution in [-0.4, -0.2) is 35.8 Å². The number of aliphatic imine (C=N–C) groups is 1. The summed E-state index contributed by atoms with van der Waals surface area (Å²) in [7, 11) is 1.68. The van der Waals surface area contributed by atoms with E-state index in [-0.39, 0.29) is 11.5 Å². The van der Waals surface area contributed by atoms with Crippen molar-refractivity contribution in [2.45, 2.75) is 33.0 Å². The molecule has 27 heavy (non-hydrogen) atoms. The molecule has 1 aromatic heterocycles. The minimum atomic E-state index is -0.0921. The summed E-state index contributed by atoms with van der Waals surface area (Å²) in [4.78, 5) is 4.84. The first-order chi connectivity index (χ1) is 13.1. The molecule has 0 saturated heterocycles. The Labute approximate surface area is 159 Å². The largest absolute Gasteiger partial charge is 0.494 e. The lowest BCUT2D eigenvalue weighted by atomic mass is 9.85. The Balaban J connectivity index is 1.48. The van der Waals surface area contributed by atoms with E-state index >= 15 is 0 Å². The quantitative estimate of drug-likeness (QED) is 0.663. The number of ether oxygens (including phenoxy) is 2. The molecular formula is C22H25N3O2. The number of rotatable bonds is 6. The van der Waals surface area contributed by atoms with E-state index in [0.29, 0.717) is 13.2 Å². The van der Waals surface area contributed by atoms with Crippen molar-refractivity contribution in [3.63, 3.8) is 0 Å². The van der Waals surface area contributed by atoms with Crippen LogP contribution in [0.5, 0.6) is 5.75 Å². The number of nitrogens with zero attached hydrogens (tertiary/aromatic N) is 3. The molecule has 0 fully saturated rings. The Morgan fingerprint density at radius 3 is 2.70 bits per heavy atom. The van der Waals surface area contributed by atoms with Crippen molar-refractivity contribution in [3.8, 4) is 5.75 Å². The molecule has 2 heterocycles. The first-order valence-electron chi connectivity index (χ1n) is 9.27. The number of hydrogen-bond donors (Lipinski definition) is 0. The maximum Gasteiger partial charge on any atom is 0.146 e. The second-order valence-electron chi connectivity index (χ2n) is 7.68. The molecule has 0 aliphatic carbocycles. The third-order valence-corrected chi connectivity index (χ3v) is 5.20. The van der Waals surface area contributed by atoms with Gasteiger partial charge in [0.15, 0.2) is 0 Å². The van der Waals surface area contributed by atoms with Crippen molar-refractivity contribution in [1.29, 1.82) is 0 Å². The highest BCUT2D eigenvalue weighted by Gasteiger charge is 2.33. The average molecular weight is 363 g/mol. The van der Waals surface area contributed by atoms with E-state index in [9.17, 15) is 0 Å². The molecule has 0 bridgehead atoms. The molecule has 0 radical (unpaired) electrons. The lowest BCUT2D eigenvalue weighted by molar-refractivity contribution is 0.0347. The molecule has 2 aromatic carbocycles. The smallest absolute Gasteiger partial charge is 0.146 e. The van der Waals surface area contributed by atoms with Crippen molar-refractivity contribution >= 4 is 17.1 Å². The molecule has 5 heteroatoms. The highest BCUT2D eigenvalue weighted by atomic mass is 16.5. The predicted octanol–water partition coefficient (Wildman–Crippen LogP) is 4.09. The Bertz CT molecular complexity index is 960. The third-order valence-electron chi connectivity index (χ3n) is 5.20. The van der Waals surface area contributed by atoms with Gasteiger partial charge in [-0.25, -0.2) is 0 Å². The van der Waals surface area contributed by atoms with Gasteiger partial charge in [-0.15, -0.1) is 0 Å². The Hall–Kier alpha value is -2.66. The van der Waals surface area contributed by atoms with Gasteiger partial charge in [-0.3, -0.25) is 9.67 Å². The molecule has 4 rings (SSSR count). The summed E-state index contributed by atoms with van der Waals surface area (Å²) in [5, 5.41) is 5.85. The molecule has 5 nitrogen and oxygen atoms in total. The van der Waals surface area contributed by atoms with Crippen molar-refractivity contribution < 1.29 is 9.47 Å². The fourth-order valence-electron chi connectivity index (χ4n) is 3.51. The molecule has 0 amide bonds. The predicted molar refractivity (Wildman–Crippen MR) is 108 cm³/mol. The fraction of sp³-hybridized carbons (Fsp3) is 0.364. The number of aromatic nitrogens is 2. The van der Waals surface area contributed by atoms with Crippen LogP contribution in [0.2, 0.25) is 0 Å². The van der Waals surface area contributed by atoms with Crippen LogP contribution in [0.15, 0.2) is 53.5 Å². The van der Waals surface area contributed by atoms with Crippen LogP contribution in [-0.2, 0) is 17.9 Å². The van der Waals surface area contributed by atoms with Crippen LogP contribution in [0.1, 0.15) is 25.1 Å². The molecule has 1 atom stereocenters. The lowest BCUT2D eigenvalue weighted by Gasteiger charge is -2.33.